The summed E-state index contributed by atoms with van der Waals surface area (Å²) in [6, 6.07) is 12.8. The average molecular weight is 476 g/mol. The molecule has 9 nitrogen and oxygen atoms in total. The summed E-state index contributed by atoms with van der Waals surface area (Å²) in [5.41, 5.74) is 2.44. The van der Waals surface area contributed by atoms with Crippen LogP contribution in [0.3, 0.4) is 0 Å². The van der Waals surface area contributed by atoms with Gasteiger partial charge in [0.25, 0.3) is 0 Å². The van der Waals surface area contributed by atoms with E-state index in [2.05, 4.69) is 25.2 Å². The Balaban J connectivity index is 1.14. The van der Waals surface area contributed by atoms with E-state index < -0.39 is 0 Å². The fourth-order valence-electron chi connectivity index (χ4n) is 4.06. The Labute approximate surface area is 202 Å². The van der Waals surface area contributed by atoms with Gasteiger partial charge in [-0.1, -0.05) is 12.1 Å². The van der Waals surface area contributed by atoms with Crippen LogP contribution in [0.15, 0.2) is 66.1 Å². The maximum absolute atomic E-state index is 12.8. The van der Waals surface area contributed by atoms with Crippen LogP contribution in [0.1, 0.15) is 5.56 Å². The summed E-state index contributed by atoms with van der Waals surface area (Å²) in [4.78, 5) is 44.2. The lowest BCUT2D eigenvalue weighted by molar-refractivity contribution is -0.130. The Morgan fingerprint density at radius 1 is 0.882 bits per heavy atom. The van der Waals surface area contributed by atoms with Gasteiger partial charge >= 0.3 is 6.03 Å². The summed E-state index contributed by atoms with van der Waals surface area (Å²) in [5.74, 6) is 1.61. The van der Waals surface area contributed by atoms with E-state index in [1.807, 2.05) is 41.3 Å². The molecule has 0 saturated carbocycles. The minimum Gasteiger partial charge on any atom is -0.339 e. The predicted molar refractivity (Wildman–Crippen MR) is 132 cm³/mol. The molecule has 0 bridgehead atoms. The summed E-state index contributed by atoms with van der Waals surface area (Å²) in [5, 5.41) is 3.82. The fourth-order valence-corrected chi connectivity index (χ4v) is 4.99. The molecule has 0 spiro atoms. The second-order valence-electron chi connectivity index (χ2n) is 8.05. The molecule has 2 aliphatic rings. The SMILES string of the molecule is O=C(Cc1ccc(NC(=O)N2CCSc3ncccc32)cc1)N1CCN(c2ncccn2)CC1. The standard InChI is InChI=1S/C24H25N7O2S/c32-21(29-11-13-30(14-12-29)23-26-9-2-10-27-23)17-18-4-6-19(7-5-18)28-24(33)31-15-16-34-22-20(31)3-1-8-25-22/h1-10H,11-17H2,(H,28,33). The van der Waals surface area contributed by atoms with E-state index in [-0.39, 0.29) is 11.9 Å². The molecule has 4 heterocycles. The fraction of sp³-hybridized carbons (Fsp3) is 0.292. The number of aromatic nitrogens is 3. The summed E-state index contributed by atoms with van der Waals surface area (Å²) in [6.07, 6.45) is 5.53. The number of nitrogens with zero attached hydrogens (tertiary/aromatic N) is 6. The average Bonchev–Trinajstić information content (AvgIpc) is 2.90. The number of hydrogen-bond donors (Lipinski definition) is 1. The van der Waals surface area contributed by atoms with Crippen molar-refractivity contribution in [2.75, 3.05) is 53.6 Å². The van der Waals surface area contributed by atoms with Crippen molar-refractivity contribution >= 4 is 41.0 Å². The molecule has 174 valence electrons. The Morgan fingerprint density at radius 2 is 1.62 bits per heavy atom. The molecular weight excluding hydrogens is 450 g/mol. The van der Waals surface area contributed by atoms with Gasteiger partial charge in [-0.05, 0) is 35.9 Å². The normalized spacial score (nSPS) is 15.6. The summed E-state index contributed by atoms with van der Waals surface area (Å²) in [6.45, 7) is 3.36. The first-order chi connectivity index (χ1) is 16.7. The number of hydrogen-bond acceptors (Lipinski definition) is 7. The molecule has 0 atom stereocenters. The number of fused-ring (bicyclic) bond motifs is 1. The lowest BCUT2D eigenvalue weighted by Crippen LogP contribution is -2.49. The van der Waals surface area contributed by atoms with Gasteiger partial charge in [-0.15, -0.1) is 11.8 Å². The Morgan fingerprint density at radius 3 is 2.38 bits per heavy atom. The number of rotatable bonds is 4. The molecule has 3 aromatic rings. The molecule has 0 unspecified atom stereocenters. The van der Waals surface area contributed by atoms with Gasteiger partial charge in [0, 0.05) is 62.8 Å². The first-order valence-electron chi connectivity index (χ1n) is 11.2. The van der Waals surface area contributed by atoms with E-state index in [0.29, 0.717) is 50.8 Å². The van der Waals surface area contributed by atoms with Crippen LogP contribution < -0.4 is 15.1 Å². The molecule has 34 heavy (non-hydrogen) atoms. The Kier molecular flexibility index (Phi) is 6.57. The zero-order chi connectivity index (χ0) is 23.3. The van der Waals surface area contributed by atoms with E-state index >= 15 is 0 Å². The monoisotopic (exact) mass is 475 g/mol. The molecule has 1 saturated heterocycles. The van der Waals surface area contributed by atoms with Crippen LogP contribution in [0.4, 0.5) is 22.1 Å². The molecule has 10 heteroatoms. The van der Waals surface area contributed by atoms with Crippen LogP contribution in [0.25, 0.3) is 0 Å². The van der Waals surface area contributed by atoms with Crippen LogP contribution in [0.2, 0.25) is 0 Å². The number of amides is 3. The quantitative estimate of drug-likeness (QED) is 0.620. The summed E-state index contributed by atoms with van der Waals surface area (Å²) >= 11 is 1.66. The second-order valence-corrected chi connectivity index (χ2v) is 9.13. The maximum Gasteiger partial charge on any atom is 0.326 e. The number of carbonyl (C=O) groups is 2. The van der Waals surface area contributed by atoms with Crippen molar-refractivity contribution in [1.29, 1.82) is 0 Å². The molecule has 5 rings (SSSR count). The molecule has 1 aromatic carbocycles. The third-order valence-electron chi connectivity index (χ3n) is 5.87. The number of piperazine rings is 1. The van der Waals surface area contributed by atoms with Gasteiger partial charge in [0.05, 0.1) is 12.1 Å². The van der Waals surface area contributed by atoms with Gasteiger partial charge in [0.2, 0.25) is 11.9 Å². The molecule has 2 aliphatic heterocycles. The maximum atomic E-state index is 12.8. The van der Waals surface area contributed by atoms with Gasteiger partial charge < -0.3 is 15.1 Å². The van der Waals surface area contributed by atoms with E-state index in [4.69, 9.17) is 0 Å². The van der Waals surface area contributed by atoms with Gasteiger partial charge in [0.1, 0.15) is 5.03 Å². The highest BCUT2D eigenvalue weighted by molar-refractivity contribution is 7.99. The highest BCUT2D eigenvalue weighted by Gasteiger charge is 2.24. The zero-order valence-corrected chi connectivity index (χ0v) is 19.4. The first kappa shape index (κ1) is 22.1. The third-order valence-corrected chi connectivity index (χ3v) is 6.84. The van der Waals surface area contributed by atoms with Crippen molar-refractivity contribution in [3.05, 3.63) is 66.6 Å². The molecule has 0 radical (unpaired) electrons. The lowest BCUT2D eigenvalue weighted by atomic mass is 10.1. The molecule has 2 aromatic heterocycles. The molecular formula is C24H25N7O2S. The van der Waals surface area contributed by atoms with Crippen molar-refractivity contribution < 1.29 is 9.59 Å². The van der Waals surface area contributed by atoms with Crippen LogP contribution in [-0.4, -0.2) is 70.3 Å². The zero-order valence-electron chi connectivity index (χ0n) is 18.6. The Bertz CT molecular complexity index is 1150. The molecule has 1 fully saturated rings. The van der Waals surface area contributed by atoms with Crippen molar-refractivity contribution in [3.63, 3.8) is 0 Å². The van der Waals surface area contributed by atoms with Crippen molar-refractivity contribution in [2.24, 2.45) is 0 Å². The predicted octanol–water partition coefficient (Wildman–Crippen LogP) is 2.91. The van der Waals surface area contributed by atoms with Crippen molar-refractivity contribution in [2.45, 2.75) is 11.4 Å². The van der Waals surface area contributed by atoms with Gasteiger partial charge in [-0.25, -0.2) is 19.7 Å². The van der Waals surface area contributed by atoms with E-state index in [1.54, 1.807) is 41.3 Å². The number of carbonyl (C=O) groups excluding carboxylic acids is 2. The summed E-state index contributed by atoms with van der Waals surface area (Å²) < 4.78 is 0. The largest absolute Gasteiger partial charge is 0.339 e. The number of anilines is 3. The number of pyridine rings is 1. The van der Waals surface area contributed by atoms with Crippen molar-refractivity contribution in [1.82, 2.24) is 19.9 Å². The number of urea groups is 1. The van der Waals surface area contributed by atoms with Crippen LogP contribution >= 0.6 is 11.8 Å². The van der Waals surface area contributed by atoms with Gasteiger partial charge in [-0.3, -0.25) is 9.69 Å². The first-order valence-corrected chi connectivity index (χ1v) is 12.2. The van der Waals surface area contributed by atoms with Gasteiger partial charge in [0.15, 0.2) is 0 Å². The number of thioether (sulfide) groups is 1. The van der Waals surface area contributed by atoms with Crippen LogP contribution in [0.5, 0.6) is 0 Å². The number of benzene rings is 1. The van der Waals surface area contributed by atoms with E-state index in [0.717, 1.165) is 22.0 Å². The Hall–Kier alpha value is -3.66. The van der Waals surface area contributed by atoms with E-state index in [1.165, 1.54) is 0 Å². The minimum atomic E-state index is -0.182. The highest BCUT2D eigenvalue weighted by atomic mass is 32.2. The lowest BCUT2D eigenvalue weighted by Gasteiger charge is -2.34. The van der Waals surface area contributed by atoms with Crippen molar-refractivity contribution in [3.8, 4) is 0 Å². The second kappa shape index (κ2) is 10.1. The molecule has 1 N–H and O–H groups in total. The van der Waals surface area contributed by atoms with E-state index in [9.17, 15) is 9.59 Å². The number of nitrogens with one attached hydrogen (secondary N) is 1. The summed E-state index contributed by atoms with van der Waals surface area (Å²) in [7, 11) is 0. The van der Waals surface area contributed by atoms with Crippen LogP contribution in [-0.2, 0) is 11.2 Å². The highest BCUT2D eigenvalue weighted by Crippen LogP contribution is 2.32. The topological polar surface area (TPSA) is 94.6 Å². The van der Waals surface area contributed by atoms with Crippen LogP contribution in [0, 0.1) is 0 Å². The smallest absolute Gasteiger partial charge is 0.326 e. The minimum absolute atomic E-state index is 0.0975. The molecule has 3 amide bonds. The molecule has 0 aliphatic carbocycles. The van der Waals surface area contributed by atoms with Gasteiger partial charge in [-0.2, -0.15) is 0 Å². The third kappa shape index (κ3) is 4.96.